The van der Waals surface area contributed by atoms with Gasteiger partial charge in [-0.05, 0) is 24.1 Å². The van der Waals surface area contributed by atoms with Gasteiger partial charge in [-0.25, -0.2) is 0 Å². The zero-order valence-electron chi connectivity index (χ0n) is 17.9. The first-order valence-corrected chi connectivity index (χ1v) is 10.9. The van der Waals surface area contributed by atoms with Gasteiger partial charge in [-0.15, -0.1) is 0 Å². The second-order valence-corrected chi connectivity index (χ2v) is 8.20. The molecule has 6 nitrogen and oxygen atoms in total. The molecular weight excluding hydrogens is 410 g/mol. The molecule has 3 rings (SSSR count). The zero-order valence-corrected chi connectivity index (χ0v) is 18.7. The predicted molar refractivity (Wildman–Crippen MR) is 126 cm³/mol. The first-order valence-electron chi connectivity index (χ1n) is 10.2. The van der Waals surface area contributed by atoms with Gasteiger partial charge in [0.2, 0.25) is 5.91 Å². The van der Waals surface area contributed by atoms with Crippen molar-refractivity contribution in [2.24, 2.45) is 0 Å². The molecule has 1 heterocycles. The highest BCUT2D eigenvalue weighted by Gasteiger charge is 2.35. The Morgan fingerprint density at radius 3 is 2.65 bits per heavy atom. The summed E-state index contributed by atoms with van der Waals surface area (Å²) < 4.78 is 5.32. The Morgan fingerprint density at radius 1 is 1.23 bits per heavy atom. The van der Waals surface area contributed by atoms with Gasteiger partial charge in [-0.2, -0.15) is 12.6 Å². The third-order valence-corrected chi connectivity index (χ3v) is 5.72. The van der Waals surface area contributed by atoms with E-state index in [0.29, 0.717) is 18.7 Å². The number of amides is 1. The number of rotatable bonds is 11. The van der Waals surface area contributed by atoms with Crippen LogP contribution >= 0.6 is 12.6 Å². The first kappa shape index (κ1) is 23.1. The Morgan fingerprint density at radius 2 is 1.97 bits per heavy atom. The number of ether oxygens (including phenoxy) is 1. The van der Waals surface area contributed by atoms with E-state index in [1.165, 1.54) is 12.7 Å². The number of carbonyl (C=O) groups excluding carboxylic acids is 2. The summed E-state index contributed by atoms with van der Waals surface area (Å²) in [6.07, 6.45) is 2.96. The highest BCUT2D eigenvalue weighted by atomic mass is 32.1. The highest BCUT2D eigenvalue weighted by molar-refractivity contribution is 7.80. The van der Waals surface area contributed by atoms with Crippen LogP contribution in [0.3, 0.4) is 0 Å². The molecule has 1 amide bonds. The summed E-state index contributed by atoms with van der Waals surface area (Å²) >= 11 is 4.34. The fraction of sp³-hybridized carbons (Fsp3) is 0.333. The maximum atomic E-state index is 13.0. The lowest BCUT2D eigenvalue weighted by atomic mass is 9.92. The maximum Gasteiger partial charge on any atom is 0.238 e. The van der Waals surface area contributed by atoms with E-state index in [2.05, 4.69) is 28.2 Å². The van der Waals surface area contributed by atoms with Gasteiger partial charge < -0.3 is 25.1 Å². The fourth-order valence-electron chi connectivity index (χ4n) is 3.63. The van der Waals surface area contributed by atoms with Gasteiger partial charge in [0.1, 0.15) is 11.8 Å². The molecule has 0 aliphatic heterocycles. The van der Waals surface area contributed by atoms with E-state index in [-0.39, 0.29) is 12.5 Å². The Labute approximate surface area is 188 Å². The van der Waals surface area contributed by atoms with E-state index in [9.17, 15) is 9.59 Å². The largest absolute Gasteiger partial charge is 0.382 e. The smallest absolute Gasteiger partial charge is 0.238 e. The van der Waals surface area contributed by atoms with Crippen molar-refractivity contribution in [2.75, 3.05) is 19.5 Å². The second kappa shape index (κ2) is 10.6. The molecule has 3 N–H and O–H groups in total. The average molecular weight is 440 g/mol. The molecule has 3 aromatic rings. The number of fused-ring (bicyclic) bond motifs is 1. The van der Waals surface area contributed by atoms with Crippen molar-refractivity contribution >= 4 is 35.7 Å². The molecule has 0 bridgehead atoms. The summed E-state index contributed by atoms with van der Waals surface area (Å²) in [4.78, 5) is 28.5. The third-order valence-electron chi connectivity index (χ3n) is 5.35. The number of thiol groups is 1. The van der Waals surface area contributed by atoms with Crippen LogP contribution in [0.5, 0.6) is 0 Å². The lowest BCUT2D eigenvalue weighted by Crippen LogP contribution is -2.59. The molecule has 0 aliphatic rings. The van der Waals surface area contributed by atoms with E-state index < -0.39 is 11.6 Å². The standard InChI is InChI=1S/C24H29N3O3S/c1-17-7-9-18(10-8-17)12-25-22(14-31)23(29)27-24(15-28,16-30-2)11-19-13-26-21-6-4-3-5-20(19)21/h3-10,13,15,22,25-26,31H,11-12,14,16H2,1-2H3,(H,27,29)/t22-,24-/m0/s1. The normalized spacial score (nSPS) is 14.2. The minimum absolute atomic E-state index is 0.0685. The molecule has 0 fully saturated rings. The lowest BCUT2D eigenvalue weighted by Gasteiger charge is -2.30. The van der Waals surface area contributed by atoms with Gasteiger partial charge in [-0.3, -0.25) is 4.79 Å². The summed E-state index contributed by atoms with van der Waals surface area (Å²) in [5, 5.41) is 7.17. The van der Waals surface area contributed by atoms with Crippen LogP contribution in [0.15, 0.2) is 54.7 Å². The summed E-state index contributed by atoms with van der Waals surface area (Å²) in [7, 11) is 1.52. The van der Waals surface area contributed by atoms with Crippen molar-refractivity contribution in [3.05, 3.63) is 71.4 Å². The molecule has 0 saturated carbocycles. The van der Waals surface area contributed by atoms with E-state index in [1.807, 2.05) is 61.7 Å². The predicted octanol–water partition coefficient (Wildman–Crippen LogP) is 2.81. The van der Waals surface area contributed by atoms with Gasteiger partial charge in [0.05, 0.1) is 12.6 Å². The van der Waals surface area contributed by atoms with Crippen LogP contribution in [-0.2, 0) is 27.3 Å². The number of carbonyl (C=O) groups is 2. The molecule has 2 aromatic carbocycles. The summed E-state index contributed by atoms with van der Waals surface area (Å²) in [6.45, 7) is 2.63. The van der Waals surface area contributed by atoms with Crippen molar-refractivity contribution in [2.45, 2.75) is 31.5 Å². The van der Waals surface area contributed by atoms with E-state index in [0.717, 1.165) is 28.3 Å². The molecule has 1 aromatic heterocycles. The zero-order chi connectivity index (χ0) is 22.3. The number of hydrogen-bond donors (Lipinski definition) is 4. The number of para-hydroxylation sites is 1. The SMILES string of the molecule is COC[C@@](C=O)(Cc1c[nH]c2ccccc12)NC(=O)[C@H](CS)NCc1ccc(C)cc1. The number of aryl methyl sites for hydroxylation is 1. The maximum absolute atomic E-state index is 13.0. The molecule has 7 heteroatoms. The Hall–Kier alpha value is -2.61. The third kappa shape index (κ3) is 5.76. The fourth-order valence-corrected chi connectivity index (χ4v) is 3.93. The minimum Gasteiger partial charge on any atom is -0.382 e. The number of H-pyrrole nitrogens is 1. The number of methoxy groups -OCH3 is 1. The number of hydrogen-bond acceptors (Lipinski definition) is 5. The van der Waals surface area contributed by atoms with Crippen molar-refractivity contribution in [1.82, 2.24) is 15.6 Å². The van der Waals surface area contributed by atoms with Crippen LogP contribution < -0.4 is 10.6 Å². The molecule has 0 unspecified atom stereocenters. The minimum atomic E-state index is -1.18. The molecular formula is C24H29N3O3S. The monoisotopic (exact) mass is 439 g/mol. The second-order valence-electron chi connectivity index (χ2n) is 7.83. The van der Waals surface area contributed by atoms with Gasteiger partial charge in [0, 0.05) is 42.9 Å². The van der Waals surface area contributed by atoms with Gasteiger partial charge in [0.25, 0.3) is 0 Å². The van der Waals surface area contributed by atoms with Crippen molar-refractivity contribution in [3.63, 3.8) is 0 Å². The highest BCUT2D eigenvalue weighted by Crippen LogP contribution is 2.22. The van der Waals surface area contributed by atoms with Crippen LogP contribution in [0.2, 0.25) is 0 Å². The Bertz CT molecular complexity index is 1020. The first-order chi connectivity index (χ1) is 15.0. The molecule has 2 atom stereocenters. The van der Waals surface area contributed by atoms with Crippen LogP contribution in [0.25, 0.3) is 10.9 Å². The van der Waals surface area contributed by atoms with Crippen LogP contribution in [-0.4, -0.2) is 48.2 Å². The molecule has 164 valence electrons. The lowest BCUT2D eigenvalue weighted by molar-refractivity contribution is -0.129. The van der Waals surface area contributed by atoms with Crippen LogP contribution in [0.4, 0.5) is 0 Å². The van der Waals surface area contributed by atoms with Gasteiger partial charge in [0.15, 0.2) is 0 Å². The Balaban J connectivity index is 1.74. The molecule has 31 heavy (non-hydrogen) atoms. The van der Waals surface area contributed by atoms with E-state index in [1.54, 1.807) is 0 Å². The quantitative estimate of drug-likeness (QED) is 0.274. The summed E-state index contributed by atoms with van der Waals surface area (Å²) in [5.74, 6) is 0.0123. The number of nitrogens with one attached hydrogen (secondary N) is 3. The topological polar surface area (TPSA) is 83.2 Å². The van der Waals surface area contributed by atoms with Crippen LogP contribution in [0.1, 0.15) is 16.7 Å². The number of benzene rings is 2. The van der Waals surface area contributed by atoms with Crippen molar-refractivity contribution < 1.29 is 14.3 Å². The van der Waals surface area contributed by atoms with Crippen molar-refractivity contribution in [3.8, 4) is 0 Å². The summed E-state index contributed by atoms with van der Waals surface area (Å²) in [5.41, 5.74) is 3.00. The molecule has 0 aliphatic carbocycles. The number of aldehydes is 1. The van der Waals surface area contributed by atoms with E-state index >= 15 is 0 Å². The number of aromatic amines is 1. The number of aromatic nitrogens is 1. The van der Waals surface area contributed by atoms with E-state index in [4.69, 9.17) is 4.74 Å². The van der Waals surface area contributed by atoms with Gasteiger partial charge >= 0.3 is 0 Å². The summed E-state index contributed by atoms with van der Waals surface area (Å²) in [6, 6.07) is 15.4. The molecule has 0 spiro atoms. The van der Waals surface area contributed by atoms with Crippen molar-refractivity contribution in [1.29, 1.82) is 0 Å². The van der Waals surface area contributed by atoms with Gasteiger partial charge in [-0.1, -0.05) is 48.0 Å². The van der Waals surface area contributed by atoms with Crippen LogP contribution in [0, 0.1) is 6.92 Å². The average Bonchev–Trinajstić information content (AvgIpc) is 3.18. The Kier molecular flexibility index (Phi) is 7.90. The molecule has 0 saturated heterocycles. The molecule has 0 radical (unpaired) electrons.